The quantitative estimate of drug-likeness (QED) is 0.597. The molecule has 0 aliphatic carbocycles. The number of amides is 1. The predicted molar refractivity (Wildman–Crippen MR) is 75.8 cm³/mol. The van der Waals surface area contributed by atoms with Crippen LogP contribution in [0, 0.1) is 22.9 Å². The number of aryl methyl sites for hydroxylation is 1. The van der Waals surface area contributed by atoms with Gasteiger partial charge in [-0.25, -0.2) is 4.39 Å². The molecule has 1 atom stereocenters. The standard InChI is InChI=1S/C14H19FN2O4/c1-5-16(10(3)8-21-4)14(18)12-7-11(17(19)20)6-9(2)13(12)15/h6-7,10H,5,8H2,1-4H3. The van der Waals surface area contributed by atoms with Crippen LogP contribution in [0.3, 0.4) is 0 Å². The number of non-ortho nitro benzene ring substituents is 1. The molecular formula is C14H19FN2O4. The van der Waals surface area contributed by atoms with E-state index in [0.717, 1.165) is 12.1 Å². The van der Waals surface area contributed by atoms with Crippen molar-refractivity contribution in [3.05, 3.63) is 39.2 Å². The van der Waals surface area contributed by atoms with Gasteiger partial charge in [-0.15, -0.1) is 0 Å². The molecule has 116 valence electrons. The molecule has 21 heavy (non-hydrogen) atoms. The minimum absolute atomic E-state index is 0.0722. The molecule has 0 saturated heterocycles. The number of nitrogens with zero attached hydrogens (tertiary/aromatic N) is 2. The first-order valence-electron chi connectivity index (χ1n) is 6.57. The van der Waals surface area contributed by atoms with E-state index in [1.165, 1.54) is 18.9 Å². The van der Waals surface area contributed by atoms with E-state index in [1.807, 2.05) is 0 Å². The van der Waals surface area contributed by atoms with Gasteiger partial charge in [-0.2, -0.15) is 0 Å². The molecule has 0 heterocycles. The van der Waals surface area contributed by atoms with Crippen LogP contribution in [0.25, 0.3) is 0 Å². The highest BCUT2D eigenvalue weighted by Crippen LogP contribution is 2.23. The lowest BCUT2D eigenvalue weighted by molar-refractivity contribution is -0.385. The lowest BCUT2D eigenvalue weighted by atomic mass is 10.1. The van der Waals surface area contributed by atoms with Gasteiger partial charge >= 0.3 is 0 Å². The minimum Gasteiger partial charge on any atom is -0.383 e. The van der Waals surface area contributed by atoms with E-state index < -0.39 is 16.6 Å². The van der Waals surface area contributed by atoms with Gasteiger partial charge < -0.3 is 9.64 Å². The van der Waals surface area contributed by atoms with Crippen molar-refractivity contribution in [1.82, 2.24) is 4.90 Å². The second-order valence-electron chi connectivity index (χ2n) is 4.78. The van der Waals surface area contributed by atoms with Crippen molar-refractivity contribution in [1.29, 1.82) is 0 Å². The number of hydrogen-bond acceptors (Lipinski definition) is 4. The maximum atomic E-state index is 14.1. The summed E-state index contributed by atoms with van der Waals surface area (Å²) < 4.78 is 19.1. The fraction of sp³-hybridized carbons (Fsp3) is 0.500. The van der Waals surface area contributed by atoms with Crippen LogP contribution < -0.4 is 0 Å². The van der Waals surface area contributed by atoms with E-state index in [2.05, 4.69) is 0 Å². The van der Waals surface area contributed by atoms with Crippen molar-refractivity contribution < 1.29 is 18.8 Å². The average Bonchev–Trinajstić information content (AvgIpc) is 2.42. The fourth-order valence-corrected chi connectivity index (χ4v) is 2.15. The van der Waals surface area contributed by atoms with Crippen molar-refractivity contribution >= 4 is 11.6 Å². The largest absolute Gasteiger partial charge is 0.383 e. The zero-order valence-electron chi connectivity index (χ0n) is 12.6. The molecule has 6 nitrogen and oxygen atoms in total. The van der Waals surface area contributed by atoms with Crippen molar-refractivity contribution in [3.8, 4) is 0 Å². The summed E-state index contributed by atoms with van der Waals surface area (Å²) in [7, 11) is 1.51. The van der Waals surface area contributed by atoms with E-state index in [1.54, 1.807) is 13.8 Å². The van der Waals surface area contributed by atoms with Gasteiger partial charge in [0.2, 0.25) is 0 Å². The molecule has 0 radical (unpaired) electrons. The van der Waals surface area contributed by atoms with Crippen molar-refractivity contribution in [3.63, 3.8) is 0 Å². The molecule has 0 fully saturated rings. The predicted octanol–water partition coefficient (Wildman–Crippen LogP) is 2.54. The summed E-state index contributed by atoms with van der Waals surface area (Å²) in [6, 6.07) is 1.83. The summed E-state index contributed by atoms with van der Waals surface area (Å²) in [5.74, 6) is -1.31. The number of carbonyl (C=O) groups excluding carboxylic acids is 1. The number of methoxy groups -OCH3 is 1. The number of nitro benzene ring substituents is 1. The van der Waals surface area contributed by atoms with Crippen molar-refractivity contribution in [2.75, 3.05) is 20.3 Å². The SMILES string of the molecule is CCN(C(=O)c1cc([N+](=O)[O-])cc(C)c1F)C(C)COC. The third-order valence-corrected chi connectivity index (χ3v) is 3.22. The Labute approximate surface area is 122 Å². The molecule has 0 aromatic heterocycles. The Bertz CT molecular complexity index is 548. The van der Waals surface area contributed by atoms with Gasteiger partial charge in [-0.3, -0.25) is 14.9 Å². The number of likely N-dealkylation sites (N-methyl/N-ethyl adjacent to an activating group) is 1. The number of benzene rings is 1. The van der Waals surface area contributed by atoms with Gasteiger partial charge in [0.1, 0.15) is 5.82 Å². The van der Waals surface area contributed by atoms with Gasteiger partial charge in [0.05, 0.1) is 23.1 Å². The Morgan fingerprint density at radius 3 is 2.62 bits per heavy atom. The monoisotopic (exact) mass is 298 g/mol. The molecule has 0 bridgehead atoms. The van der Waals surface area contributed by atoms with E-state index in [9.17, 15) is 19.3 Å². The fourth-order valence-electron chi connectivity index (χ4n) is 2.15. The van der Waals surface area contributed by atoms with E-state index >= 15 is 0 Å². The Kier molecular flexibility index (Phi) is 5.78. The Morgan fingerprint density at radius 1 is 1.52 bits per heavy atom. The van der Waals surface area contributed by atoms with Gasteiger partial charge in [0.15, 0.2) is 0 Å². The van der Waals surface area contributed by atoms with E-state index in [0.29, 0.717) is 13.2 Å². The van der Waals surface area contributed by atoms with E-state index in [-0.39, 0.29) is 22.9 Å². The van der Waals surface area contributed by atoms with Crippen LogP contribution >= 0.6 is 0 Å². The second-order valence-corrected chi connectivity index (χ2v) is 4.78. The first-order chi connectivity index (χ1) is 9.83. The van der Waals surface area contributed by atoms with Crippen LogP contribution in [-0.4, -0.2) is 42.0 Å². The molecule has 1 amide bonds. The molecule has 7 heteroatoms. The highest BCUT2D eigenvalue weighted by atomic mass is 19.1. The number of halogens is 1. The number of hydrogen-bond donors (Lipinski definition) is 0. The lowest BCUT2D eigenvalue weighted by Crippen LogP contribution is -2.41. The smallest absolute Gasteiger partial charge is 0.270 e. The molecule has 1 aromatic rings. The molecule has 0 aliphatic heterocycles. The maximum absolute atomic E-state index is 14.1. The minimum atomic E-state index is -0.728. The molecule has 0 N–H and O–H groups in total. The highest BCUT2D eigenvalue weighted by Gasteiger charge is 2.26. The van der Waals surface area contributed by atoms with Crippen LogP contribution in [0.4, 0.5) is 10.1 Å². The lowest BCUT2D eigenvalue weighted by Gasteiger charge is -2.27. The van der Waals surface area contributed by atoms with Gasteiger partial charge in [0, 0.05) is 25.8 Å². The van der Waals surface area contributed by atoms with Gasteiger partial charge in [-0.1, -0.05) is 0 Å². The Hall–Kier alpha value is -2.02. The molecule has 1 rings (SSSR count). The third kappa shape index (κ3) is 3.75. The van der Waals surface area contributed by atoms with Crippen LogP contribution in [0.5, 0.6) is 0 Å². The molecule has 0 spiro atoms. The van der Waals surface area contributed by atoms with Crippen LogP contribution in [-0.2, 0) is 4.74 Å². The summed E-state index contributed by atoms with van der Waals surface area (Å²) in [5, 5.41) is 10.9. The van der Waals surface area contributed by atoms with Gasteiger partial charge in [0.25, 0.3) is 11.6 Å². The van der Waals surface area contributed by atoms with Crippen LogP contribution in [0.1, 0.15) is 29.8 Å². The summed E-state index contributed by atoms with van der Waals surface area (Å²) in [5.41, 5.74) is -0.512. The van der Waals surface area contributed by atoms with Crippen LogP contribution in [0.15, 0.2) is 12.1 Å². The third-order valence-electron chi connectivity index (χ3n) is 3.22. The summed E-state index contributed by atoms with van der Waals surface area (Å²) in [6.45, 7) is 5.58. The Morgan fingerprint density at radius 2 is 2.14 bits per heavy atom. The number of carbonyl (C=O) groups is 1. The van der Waals surface area contributed by atoms with Crippen molar-refractivity contribution in [2.24, 2.45) is 0 Å². The number of ether oxygens (including phenoxy) is 1. The zero-order chi connectivity index (χ0) is 16.2. The Balaban J connectivity index is 3.24. The van der Waals surface area contributed by atoms with Gasteiger partial charge in [-0.05, 0) is 26.3 Å². The topological polar surface area (TPSA) is 72.7 Å². The first-order valence-corrected chi connectivity index (χ1v) is 6.57. The molecule has 1 aromatic carbocycles. The summed E-state index contributed by atoms with van der Waals surface area (Å²) in [4.78, 5) is 24.1. The average molecular weight is 298 g/mol. The molecular weight excluding hydrogens is 279 g/mol. The molecule has 0 aliphatic rings. The normalized spacial score (nSPS) is 12.0. The molecule has 0 saturated carbocycles. The zero-order valence-corrected chi connectivity index (χ0v) is 12.6. The molecule has 1 unspecified atom stereocenters. The van der Waals surface area contributed by atoms with Crippen molar-refractivity contribution in [2.45, 2.75) is 26.8 Å². The summed E-state index contributed by atoms with van der Waals surface area (Å²) in [6.07, 6.45) is 0. The number of rotatable bonds is 6. The van der Waals surface area contributed by atoms with E-state index in [4.69, 9.17) is 4.74 Å². The maximum Gasteiger partial charge on any atom is 0.270 e. The first kappa shape index (κ1) is 17.0. The highest BCUT2D eigenvalue weighted by molar-refractivity contribution is 5.95. The number of nitro groups is 1. The summed E-state index contributed by atoms with van der Waals surface area (Å²) >= 11 is 0. The second kappa shape index (κ2) is 7.12. The van der Waals surface area contributed by atoms with Crippen LogP contribution in [0.2, 0.25) is 0 Å².